The Hall–Kier alpha value is -1.58. The van der Waals surface area contributed by atoms with E-state index in [9.17, 15) is 4.79 Å². The van der Waals surface area contributed by atoms with Crippen molar-refractivity contribution in [1.29, 1.82) is 0 Å². The van der Waals surface area contributed by atoms with Crippen molar-refractivity contribution >= 4 is 11.7 Å². The number of rotatable bonds is 7. The summed E-state index contributed by atoms with van der Waals surface area (Å²) in [7, 11) is 0. The number of nitrogens with one attached hydrogen (secondary N) is 2. The molecule has 0 aliphatic rings. The third kappa shape index (κ3) is 5.17. The Morgan fingerprint density at radius 3 is 2.83 bits per heavy atom. The van der Waals surface area contributed by atoms with Gasteiger partial charge in [0.25, 0.3) is 5.91 Å². The number of pyridine rings is 1. The second kappa shape index (κ2) is 7.69. The second-order valence-electron chi connectivity index (χ2n) is 4.79. The Kier molecular flexibility index (Phi) is 6.19. The maximum Gasteiger partial charge on any atom is 0.251 e. The van der Waals surface area contributed by atoms with Gasteiger partial charge in [-0.05, 0) is 30.9 Å². The van der Waals surface area contributed by atoms with E-state index in [1.165, 1.54) is 0 Å². The largest absolute Gasteiger partial charge is 0.370 e. The lowest BCUT2D eigenvalue weighted by Gasteiger charge is -2.09. The smallest absolute Gasteiger partial charge is 0.251 e. The molecule has 4 heteroatoms. The number of amides is 1. The molecule has 0 aliphatic heterocycles. The quantitative estimate of drug-likeness (QED) is 0.781. The third-order valence-corrected chi connectivity index (χ3v) is 2.59. The fourth-order valence-electron chi connectivity index (χ4n) is 1.50. The molecule has 4 nitrogen and oxygen atoms in total. The first-order chi connectivity index (χ1) is 8.63. The summed E-state index contributed by atoms with van der Waals surface area (Å²) < 4.78 is 0. The molecular weight excluding hydrogens is 226 g/mol. The summed E-state index contributed by atoms with van der Waals surface area (Å²) in [6, 6.07) is 3.53. The van der Waals surface area contributed by atoms with Gasteiger partial charge < -0.3 is 10.6 Å². The molecule has 0 aliphatic carbocycles. The molecule has 1 rings (SSSR count). The van der Waals surface area contributed by atoms with E-state index in [4.69, 9.17) is 0 Å². The van der Waals surface area contributed by atoms with Gasteiger partial charge in [0.1, 0.15) is 5.82 Å². The molecule has 100 valence electrons. The summed E-state index contributed by atoms with van der Waals surface area (Å²) in [4.78, 5) is 16.0. The average molecular weight is 249 g/mol. The van der Waals surface area contributed by atoms with Crippen LogP contribution in [0.2, 0.25) is 0 Å². The molecule has 0 saturated carbocycles. The Balaban J connectivity index is 2.53. The maximum absolute atomic E-state index is 11.8. The van der Waals surface area contributed by atoms with Gasteiger partial charge in [-0.25, -0.2) is 4.98 Å². The first-order valence-corrected chi connectivity index (χ1v) is 6.61. The predicted octanol–water partition coefficient (Wildman–Crippen LogP) is 2.68. The highest BCUT2D eigenvalue weighted by molar-refractivity contribution is 5.94. The zero-order valence-corrected chi connectivity index (χ0v) is 11.5. The lowest BCUT2D eigenvalue weighted by molar-refractivity contribution is 0.0953. The molecule has 2 N–H and O–H groups in total. The molecule has 1 aromatic rings. The monoisotopic (exact) mass is 249 g/mol. The summed E-state index contributed by atoms with van der Waals surface area (Å²) in [5.41, 5.74) is 0.658. The van der Waals surface area contributed by atoms with Crippen LogP contribution in [0.4, 0.5) is 5.82 Å². The first kappa shape index (κ1) is 14.5. The Morgan fingerprint density at radius 1 is 1.39 bits per heavy atom. The SMILES string of the molecule is CCCNC(=O)c1ccnc(NCCC(C)C)c1. The molecule has 0 unspecified atom stereocenters. The number of nitrogens with zero attached hydrogens (tertiary/aromatic N) is 1. The Labute approximate surface area is 109 Å². The highest BCUT2D eigenvalue weighted by Gasteiger charge is 2.05. The molecule has 0 saturated heterocycles. The molecule has 0 fully saturated rings. The van der Waals surface area contributed by atoms with Crippen molar-refractivity contribution in [2.75, 3.05) is 18.4 Å². The van der Waals surface area contributed by atoms with E-state index in [2.05, 4.69) is 29.5 Å². The van der Waals surface area contributed by atoms with Crippen LogP contribution < -0.4 is 10.6 Å². The number of anilines is 1. The predicted molar refractivity (Wildman–Crippen MR) is 74.8 cm³/mol. The summed E-state index contributed by atoms with van der Waals surface area (Å²) in [5.74, 6) is 1.39. The fourth-order valence-corrected chi connectivity index (χ4v) is 1.50. The first-order valence-electron chi connectivity index (χ1n) is 6.61. The van der Waals surface area contributed by atoms with Crippen molar-refractivity contribution in [3.05, 3.63) is 23.9 Å². The van der Waals surface area contributed by atoms with Gasteiger partial charge in [-0.1, -0.05) is 20.8 Å². The minimum Gasteiger partial charge on any atom is -0.370 e. The van der Waals surface area contributed by atoms with Crippen molar-refractivity contribution in [2.24, 2.45) is 5.92 Å². The van der Waals surface area contributed by atoms with Gasteiger partial charge in [0.05, 0.1) is 0 Å². The summed E-state index contributed by atoms with van der Waals surface area (Å²) in [5, 5.41) is 6.09. The highest BCUT2D eigenvalue weighted by atomic mass is 16.1. The zero-order chi connectivity index (χ0) is 13.4. The van der Waals surface area contributed by atoms with Crippen LogP contribution in [0.25, 0.3) is 0 Å². The van der Waals surface area contributed by atoms with Gasteiger partial charge in [0.15, 0.2) is 0 Å². The fraction of sp³-hybridized carbons (Fsp3) is 0.571. The van der Waals surface area contributed by atoms with Crippen molar-refractivity contribution in [1.82, 2.24) is 10.3 Å². The number of carbonyl (C=O) groups excluding carboxylic acids is 1. The van der Waals surface area contributed by atoms with Crippen LogP contribution in [-0.4, -0.2) is 24.0 Å². The number of aromatic nitrogens is 1. The van der Waals surface area contributed by atoms with Crippen LogP contribution in [0.3, 0.4) is 0 Å². The number of hydrogen-bond acceptors (Lipinski definition) is 3. The lowest BCUT2D eigenvalue weighted by atomic mass is 10.1. The number of hydrogen-bond donors (Lipinski definition) is 2. The van der Waals surface area contributed by atoms with Crippen molar-refractivity contribution in [3.63, 3.8) is 0 Å². The van der Waals surface area contributed by atoms with Crippen molar-refractivity contribution < 1.29 is 4.79 Å². The van der Waals surface area contributed by atoms with Crippen LogP contribution in [0.1, 0.15) is 44.0 Å². The summed E-state index contributed by atoms with van der Waals surface area (Å²) >= 11 is 0. The Morgan fingerprint density at radius 2 is 2.17 bits per heavy atom. The summed E-state index contributed by atoms with van der Waals surface area (Å²) in [6.45, 7) is 7.99. The van der Waals surface area contributed by atoms with Gasteiger partial charge in [0.2, 0.25) is 0 Å². The topological polar surface area (TPSA) is 54.0 Å². The third-order valence-electron chi connectivity index (χ3n) is 2.59. The average Bonchev–Trinajstić information content (AvgIpc) is 2.36. The van der Waals surface area contributed by atoms with E-state index in [0.29, 0.717) is 18.0 Å². The summed E-state index contributed by atoms with van der Waals surface area (Å²) in [6.07, 6.45) is 3.70. The van der Waals surface area contributed by atoms with Gasteiger partial charge in [-0.3, -0.25) is 4.79 Å². The second-order valence-corrected chi connectivity index (χ2v) is 4.79. The molecule has 0 bridgehead atoms. The van der Waals surface area contributed by atoms with Crippen LogP contribution >= 0.6 is 0 Å². The molecule has 0 radical (unpaired) electrons. The van der Waals surface area contributed by atoms with Crippen LogP contribution in [0.5, 0.6) is 0 Å². The normalized spacial score (nSPS) is 10.4. The van der Waals surface area contributed by atoms with E-state index in [-0.39, 0.29) is 5.91 Å². The van der Waals surface area contributed by atoms with E-state index in [1.807, 2.05) is 6.92 Å². The molecular formula is C14H23N3O. The molecule has 0 aromatic carbocycles. The number of carbonyl (C=O) groups is 1. The Bertz CT molecular complexity index is 377. The molecule has 1 heterocycles. The van der Waals surface area contributed by atoms with Crippen LogP contribution in [0, 0.1) is 5.92 Å². The minimum atomic E-state index is -0.0360. The van der Waals surface area contributed by atoms with Crippen molar-refractivity contribution in [2.45, 2.75) is 33.6 Å². The zero-order valence-electron chi connectivity index (χ0n) is 11.5. The maximum atomic E-state index is 11.8. The van der Waals surface area contributed by atoms with Gasteiger partial charge >= 0.3 is 0 Å². The van der Waals surface area contributed by atoms with E-state index in [1.54, 1.807) is 18.3 Å². The van der Waals surface area contributed by atoms with E-state index in [0.717, 1.165) is 25.2 Å². The standard InChI is InChI=1S/C14H23N3O/c1-4-7-17-14(18)12-6-9-16-13(10-12)15-8-5-11(2)3/h6,9-11H,4-5,7-8H2,1-3H3,(H,15,16)(H,17,18). The van der Waals surface area contributed by atoms with Gasteiger partial charge in [-0.15, -0.1) is 0 Å². The molecule has 0 atom stereocenters. The minimum absolute atomic E-state index is 0.0360. The van der Waals surface area contributed by atoms with Crippen LogP contribution in [-0.2, 0) is 0 Å². The highest BCUT2D eigenvalue weighted by Crippen LogP contribution is 2.08. The molecule has 18 heavy (non-hydrogen) atoms. The van der Waals surface area contributed by atoms with Gasteiger partial charge in [-0.2, -0.15) is 0 Å². The van der Waals surface area contributed by atoms with Crippen LogP contribution in [0.15, 0.2) is 18.3 Å². The lowest BCUT2D eigenvalue weighted by Crippen LogP contribution is -2.24. The molecule has 0 spiro atoms. The van der Waals surface area contributed by atoms with E-state index >= 15 is 0 Å². The molecule has 1 aromatic heterocycles. The van der Waals surface area contributed by atoms with Crippen molar-refractivity contribution in [3.8, 4) is 0 Å². The molecule has 1 amide bonds. The van der Waals surface area contributed by atoms with E-state index < -0.39 is 0 Å². The van der Waals surface area contributed by atoms with Gasteiger partial charge in [0, 0.05) is 24.8 Å².